The number of hydrogen-bond acceptors (Lipinski definition) is 2. The quantitative estimate of drug-likeness (QED) is 0.638. The van der Waals surface area contributed by atoms with Gasteiger partial charge in [0.1, 0.15) is 5.75 Å². The molecule has 4 heteroatoms. The largest absolute Gasteiger partial charge is 0.494 e. The molecule has 0 saturated carbocycles. The minimum absolute atomic E-state index is 0.0433. The van der Waals surface area contributed by atoms with E-state index < -0.39 is 5.41 Å². The van der Waals surface area contributed by atoms with Gasteiger partial charge in [-0.3, -0.25) is 4.79 Å². The Labute approximate surface area is 119 Å². The van der Waals surface area contributed by atoms with E-state index in [4.69, 9.17) is 16.3 Å². The molecule has 104 valence electrons. The standard InChI is InChI=1S/C15H20ClNO2/c1-15(2)12-10-11(19-9-5-3-4-8-16)6-7-13(12)17-14(15)18/h6-7,10H,3-5,8-9H2,1-2H3,(H,17,18). The first-order valence-corrected chi connectivity index (χ1v) is 7.24. The number of halogens is 1. The maximum atomic E-state index is 11.8. The van der Waals surface area contributed by atoms with Gasteiger partial charge in [0.2, 0.25) is 5.91 Å². The SMILES string of the molecule is CC1(C)C(=O)Nc2ccc(OCCCCCCl)cc21. The van der Waals surface area contributed by atoms with Gasteiger partial charge in [0.25, 0.3) is 0 Å². The van der Waals surface area contributed by atoms with Crippen molar-refractivity contribution in [3.63, 3.8) is 0 Å². The van der Waals surface area contributed by atoms with Gasteiger partial charge in [-0.1, -0.05) is 0 Å². The van der Waals surface area contributed by atoms with Gasteiger partial charge in [0, 0.05) is 11.6 Å². The number of rotatable bonds is 6. The van der Waals surface area contributed by atoms with E-state index in [0.29, 0.717) is 12.5 Å². The Morgan fingerprint density at radius 1 is 1.26 bits per heavy atom. The van der Waals surface area contributed by atoms with Crippen molar-refractivity contribution >= 4 is 23.2 Å². The molecule has 1 aliphatic rings. The Morgan fingerprint density at radius 3 is 2.79 bits per heavy atom. The van der Waals surface area contributed by atoms with Crippen LogP contribution in [0.5, 0.6) is 5.75 Å². The van der Waals surface area contributed by atoms with Gasteiger partial charge in [0.15, 0.2) is 0 Å². The number of benzene rings is 1. The molecule has 1 aliphatic heterocycles. The molecule has 1 aromatic carbocycles. The van der Waals surface area contributed by atoms with Crippen LogP contribution >= 0.6 is 11.6 Å². The molecule has 0 aliphatic carbocycles. The fourth-order valence-electron chi connectivity index (χ4n) is 2.20. The van der Waals surface area contributed by atoms with Gasteiger partial charge in [-0.2, -0.15) is 0 Å². The Morgan fingerprint density at radius 2 is 2.05 bits per heavy atom. The van der Waals surface area contributed by atoms with E-state index >= 15 is 0 Å². The molecule has 0 saturated heterocycles. The average molecular weight is 282 g/mol. The number of nitrogens with one attached hydrogen (secondary N) is 1. The second-order valence-electron chi connectivity index (χ2n) is 5.38. The smallest absolute Gasteiger partial charge is 0.234 e. The summed E-state index contributed by atoms with van der Waals surface area (Å²) in [5.74, 6) is 1.58. The molecule has 1 heterocycles. The number of fused-ring (bicyclic) bond motifs is 1. The molecular weight excluding hydrogens is 262 g/mol. The van der Waals surface area contributed by atoms with Crippen molar-refractivity contribution in [1.29, 1.82) is 0 Å². The lowest BCUT2D eigenvalue weighted by atomic mass is 9.86. The summed E-state index contributed by atoms with van der Waals surface area (Å²) in [6.07, 6.45) is 3.12. The lowest BCUT2D eigenvalue weighted by Gasteiger charge is -2.16. The Kier molecular flexibility index (Phi) is 4.35. The third-order valence-corrected chi connectivity index (χ3v) is 3.79. The van der Waals surface area contributed by atoms with E-state index in [1.165, 1.54) is 0 Å². The number of anilines is 1. The monoisotopic (exact) mass is 281 g/mol. The highest BCUT2D eigenvalue weighted by atomic mass is 35.5. The van der Waals surface area contributed by atoms with Crippen LogP contribution in [0.2, 0.25) is 0 Å². The van der Waals surface area contributed by atoms with E-state index in [9.17, 15) is 4.79 Å². The van der Waals surface area contributed by atoms with Crippen LogP contribution in [0.1, 0.15) is 38.7 Å². The average Bonchev–Trinajstić information content (AvgIpc) is 2.61. The van der Waals surface area contributed by atoms with Crippen LogP contribution in [0.15, 0.2) is 18.2 Å². The molecule has 0 bridgehead atoms. The minimum atomic E-state index is -0.479. The molecule has 1 N–H and O–H groups in total. The van der Waals surface area contributed by atoms with Crippen LogP contribution in [-0.2, 0) is 10.2 Å². The van der Waals surface area contributed by atoms with Crippen molar-refractivity contribution in [2.24, 2.45) is 0 Å². The molecule has 3 nitrogen and oxygen atoms in total. The van der Waals surface area contributed by atoms with Crippen LogP contribution in [0.25, 0.3) is 0 Å². The minimum Gasteiger partial charge on any atom is -0.494 e. The van der Waals surface area contributed by atoms with Gasteiger partial charge in [-0.25, -0.2) is 0 Å². The second kappa shape index (κ2) is 5.83. The lowest BCUT2D eigenvalue weighted by Crippen LogP contribution is -2.26. The first-order valence-electron chi connectivity index (χ1n) is 6.70. The zero-order valence-electron chi connectivity index (χ0n) is 11.5. The maximum absolute atomic E-state index is 11.8. The van der Waals surface area contributed by atoms with Crippen LogP contribution in [0.4, 0.5) is 5.69 Å². The van der Waals surface area contributed by atoms with Crippen LogP contribution in [-0.4, -0.2) is 18.4 Å². The topological polar surface area (TPSA) is 38.3 Å². The summed E-state index contributed by atoms with van der Waals surface area (Å²) in [5, 5.41) is 2.89. The molecule has 0 atom stereocenters. The van der Waals surface area contributed by atoms with Crippen molar-refractivity contribution in [1.82, 2.24) is 0 Å². The number of alkyl halides is 1. The van der Waals surface area contributed by atoms with Crippen molar-refractivity contribution in [3.8, 4) is 5.75 Å². The first kappa shape index (κ1) is 14.2. The molecule has 1 aromatic rings. The normalized spacial score (nSPS) is 16.1. The summed E-state index contributed by atoms with van der Waals surface area (Å²) in [5.41, 5.74) is 1.42. The molecule has 19 heavy (non-hydrogen) atoms. The second-order valence-corrected chi connectivity index (χ2v) is 5.76. The number of carbonyl (C=O) groups is 1. The van der Waals surface area contributed by atoms with E-state index in [0.717, 1.165) is 36.3 Å². The van der Waals surface area contributed by atoms with E-state index in [-0.39, 0.29) is 5.91 Å². The number of carbonyl (C=O) groups excluding carboxylic acids is 1. The summed E-state index contributed by atoms with van der Waals surface area (Å²) in [4.78, 5) is 11.8. The molecule has 0 aromatic heterocycles. The number of unbranched alkanes of at least 4 members (excludes halogenated alkanes) is 2. The predicted molar refractivity (Wildman–Crippen MR) is 78.2 cm³/mol. The number of amides is 1. The van der Waals surface area contributed by atoms with E-state index in [2.05, 4.69) is 5.32 Å². The lowest BCUT2D eigenvalue weighted by molar-refractivity contribution is -0.119. The Balaban J connectivity index is 1.98. The van der Waals surface area contributed by atoms with Crippen LogP contribution in [0.3, 0.4) is 0 Å². The van der Waals surface area contributed by atoms with E-state index in [1.807, 2.05) is 32.0 Å². The molecule has 0 radical (unpaired) electrons. The Hall–Kier alpha value is -1.22. The summed E-state index contributed by atoms with van der Waals surface area (Å²) in [7, 11) is 0. The van der Waals surface area contributed by atoms with Crippen molar-refractivity contribution in [2.75, 3.05) is 17.8 Å². The number of hydrogen-bond donors (Lipinski definition) is 1. The zero-order chi connectivity index (χ0) is 13.9. The molecular formula is C15H20ClNO2. The van der Waals surface area contributed by atoms with Crippen molar-refractivity contribution in [2.45, 2.75) is 38.5 Å². The predicted octanol–water partition coefficient (Wildman–Crippen LogP) is 3.70. The first-order chi connectivity index (χ1) is 9.05. The Bertz CT molecular complexity index is 471. The van der Waals surface area contributed by atoms with E-state index in [1.54, 1.807) is 0 Å². The summed E-state index contributed by atoms with van der Waals surface area (Å²) >= 11 is 5.63. The number of ether oxygens (including phenoxy) is 1. The zero-order valence-corrected chi connectivity index (χ0v) is 12.2. The highest BCUT2D eigenvalue weighted by Crippen LogP contribution is 2.39. The van der Waals surface area contributed by atoms with Crippen molar-refractivity contribution in [3.05, 3.63) is 23.8 Å². The highest BCUT2D eigenvalue weighted by molar-refractivity contribution is 6.17. The molecule has 1 amide bonds. The van der Waals surface area contributed by atoms with Crippen LogP contribution in [0, 0.1) is 0 Å². The molecule has 0 unspecified atom stereocenters. The van der Waals surface area contributed by atoms with Crippen molar-refractivity contribution < 1.29 is 9.53 Å². The fourth-order valence-corrected chi connectivity index (χ4v) is 2.39. The summed E-state index contributed by atoms with van der Waals surface area (Å²) < 4.78 is 5.72. The summed E-state index contributed by atoms with van der Waals surface area (Å²) in [6, 6.07) is 5.78. The van der Waals surface area contributed by atoms with Gasteiger partial charge < -0.3 is 10.1 Å². The van der Waals surface area contributed by atoms with Gasteiger partial charge >= 0.3 is 0 Å². The maximum Gasteiger partial charge on any atom is 0.234 e. The third kappa shape index (κ3) is 3.03. The third-order valence-electron chi connectivity index (χ3n) is 3.53. The highest BCUT2D eigenvalue weighted by Gasteiger charge is 2.38. The molecule has 0 spiro atoms. The summed E-state index contributed by atoms with van der Waals surface area (Å²) in [6.45, 7) is 4.55. The fraction of sp³-hybridized carbons (Fsp3) is 0.533. The van der Waals surface area contributed by atoms with Gasteiger partial charge in [0.05, 0.1) is 12.0 Å². The van der Waals surface area contributed by atoms with Gasteiger partial charge in [-0.05, 0) is 56.9 Å². The molecule has 0 fully saturated rings. The molecule has 2 rings (SSSR count). The van der Waals surface area contributed by atoms with Gasteiger partial charge in [-0.15, -0.1) is 11.6 Å². The van der Waals surface area contributed by atoms with Crippen LogP contribution < -0.4 is 10.1 Å².